The average molecular weight is 295 g/mol. The fourth-order valence-electron chi connectivity index (χ4n) is 1.95. The van der Waals surface area contributed by atoms with Crippen molar-refractivity contribution in [2.75, 3.05) is 6.61 Å². The zero-order valence-electron chi connectivity index (χ0n) is 12.1. The fourth-order valence-corrected chi connectivity index (χ4v) is 3.20. The van der Waals surface area contributed by atoms with Crippen molar-refractivity contribution in [3.05, 3.63) is 29.8 Å². The molecule has 1 aromatic carbocycles. The van der Waals surface area contributed by atoms with Crippen LogP contribution in [0.1, 0.15) is 32.8 Å². The Morgan fingerprint density at radius 2 is 1.80 bits per heavy atom. The molecule has 0 heterocycles. The first-order chi connectivity index (χ1) is 9.35. The molecule has 0 aliphatic heterocycles. The van der Waals surface area contributed by atoms with E-state index in [4.69, 9.17) is 5.11 Å². The fraction of sp³-hybridized carbons (Fsp3) is 0.467. The van der Waals surface area contributed by atoms with Gasteiger partial charge in [0.05, 0.1) is 4.90 Å². The summed E-state index contributed by atoms with van der Waals surface area (Å²) in [6, 6.07) is 6.20. The van der Waals surface area contributed by atoms with E-state index in [0.29, 0.717) is 11.5 Å². The van der Waals surface area contributed by atoms with Crippen LogP contribution in [0.4, 0.5) is 0 Å². The molecular weight excluding hydrogens is 274 g/mol. The SMILES string of the molecule is CC(C)CC(C)NS(=O)(=O)c1ccc(C#CCO)cc1. The highest BCUT2D eigenvalue weighted by molar-refractivity contribution is 7.89. The number of aliphatic hydroxyl groups excluding tert-OH is 1. The van der Waals surface area contributed by atoms with Gasteiger partial charge in [0, 0.05) is 11.6 Å². The van der Waals surface area contributed by atoms with Gasteiger partial charge in [0.2, 0.25) is 10.0 Å². The second-order valence-electron chi connectivity index (χ2n) is 5.14. The summed E-state index contributed by atoms with van der Waals surface area (Å²) in [6.07, 6.45) is 0.791. The van der Waals surface area contributed by atoms with Crippen molar-refractivity contribution < 1.29 is 13.5 Å². The summed E-state index contributed by atoms with van der Waals surface area (Å²) in [5.41, 5.74) is 0.674. The van der Waals surface area contributed by atoms with Crippen LogP contribution in [-0.2, 0) is 10.0 Å². The molecule has 5 heteroatoms. The van der Waals surface area contributed by atoms with E-state index in [1.54, 1.807) is 12.1 Å². The van der Waals surface area contributed by atoms with E-state index in [-0.39, 0.29) is 17.5 Å². The van der Waals surface area contributed by atoms with Crippen molar-refractivity contribution >= 4 is 10.0 Å². The van der Waals surface area contributed by atoms with Crippen molar-refractivity contribution in [2.45, 2.75) is 38.1 Å². The number of hydrogen-bond acceptors (Lipinski definition) is 3. The van der Waals surface area contributed by atoms with E-state index in [2.05, 4.69) is 30.4 Å². The first-order valence-electron chi connectivity index (χ1n) is 6.57. The zero-order chi connectivity index (χ0) is 15.2. The molecule has 4 nitrogen and oxygen atoms in total. The quantitative estimate of drug-likeness (QED) is 0.813. The normalized spacial score (nSPS) is 12.8. The first-order valence-corrected chi connectivity index (χ1v) is 8.05. The molecule has 0 saturated heterocycles. The molecule has 1 unspecified atom stereocenters. The highest BCUT2D eigenvalue weighted by atomic mass is 32.2. The number of aliphatic hydroxyl groups is 1. The van der Waals surface area contributed by atoms with Gasteiger partial charge in [-0.2, -0.15) is 0 Å². The standard InChI is InChI=1S/C15H21NO3S/c1-12(2)11-13(3)16-20(18,19)15-8-6-14(7-9-15)5-4-10-17/h6-9,12-13,16-17H,10-11H2,1-3H3. The summed E-state index contributed by atoms with van der Waals surface area (Å²) in [6.45, 7) is 5.76. The number of hydrogen-bond donors (Lipinski definition) is 2. The maximum Gasteiger partial charge on any atom is 0.240 e. The number of nitrogens with one attached hydrogen (secondary N) is 1. The number of sulfonamides is 1. The van der Waals surface area contributed by atoms with Crippen LogP contribution in [0.5, 0.6) is 0 Å². The van der Waals surface area contributed by atoms with Crippen molar-refractivity contribution in [3.8, 4) is 11.8 Å². The van der Waals surface area contributed by atoms with E-state index in [9.17, 15) is 8.42 Å². The molecular formula is C15H21NO3S. The molecule has 2 N–H and O–H groups in total. The molecule has 0 fully saturated rings. The maximum atomic E-state index is 12.2. The summed E-state index contributed by atoms with van der Waals surface area (Å²) < 4.78 is 27.0. The van der Waals surface area contributed by atoms with Gasteiger partial charge in [0.1, 0.15) is 6.61 Å². The zero-order valence-corrected chi connectivity index (χ0v) is 12.9. The topological polar surface area (TPSA) is 66.4 Å². The second-order valence-corrected chi connectivity index (χ2v) is 6.85. The van der Waals surface area contributed by atoms with Gasteiger partial charge in [-0.15, -0.1) is 0 Å². The van der Waals surface area contributed by atoms with Crippen LogP contribution in [0.15, 0.2) is 29.2 Å². The van der Waals surface area contributed by atoms with Gasteiger partial charge in [-0.3, -0.25) is 0 Å². The number of benzene rings is 1. The largest absolute Gasteiger partial charge is 0.384 e. The molecule has 0 aliphatic carbocycles. The van der Waals surface area contributed by atoms with Gasteiger partial charge in [-0.25, -0.2) is 13.1 Å². The van der Waals surface area contributed by atoms with Crippen LogP contribution in [0.3, 0.4) is 0 Å². The predicted octanol–water partition coefficient (Wildman–Crippen LogP) is 1.74. The van der Waals surface area contributed by atoms with Crippen molar-refractivity contribution in [1.29, 1.82) is 0 Å². The molecule has 1 rings (SSSR count). The molecule has 0 saturated carbocycles. The Labute approximate surface area is 121 Å². The van der Waals surface area contributed by atoms with Gasteiger partial charge in [-0.1, -0.05) is 25.7 Å². The lowest BCUT2D eigenvalue weighted by Gasteiger charge is -2.16. The van der Waals surface area contributed by atoms with Crippen LogP contribution < -0.4 is 4.72 Å². The molecule has 0 aromatic heterocycles. The highest BCUT2D eigenvalue weighted by Gasteiger charge is 2.17. The molecule has 0 spiro atoms. The predicted molar refractivity (Wildman–Crippen MR) is 79.6 cm³/mol. The average Bonchev–Trinajstić information content (AvgIpc) is 2.35. The third-order valence-electron chi connectivity index (χ3n) is 2.66. The van der Waals surface area contributed by atoms with E-state index < -0.39 is 10.0 Å². The Hall–Kier alpha value is -1.35. The lowest BCUT2D eigenvalue weighted by atomic mass is 10.1. The van der Waals surface area contributed by atoms with Crippen molar-refractivity contribution in [1.82, 2.24) is 4.72 Å². The Morgan fingerprint density at radius 1 is 1.20 bits per heavy atom. The van der Waals surface area contributed by atoms with Gasteiger partial charge < -0.3 is 5.11 Å². The Balaban J connectivity index is 2.82. The maximum absolute atomic E-state index is 12.2. The summed E-state index contributed by atoms with van der Waals surface area (Å²) in [7, 11) is -3.49. The van der Waals surface area contributed by atoms with Crippen LogP contribution >= 0.6 is 0 Å². The Bertz CT molecular complexity index is 580. The third kappa shape index (κ3) is 5.33. The molecule has 1 aromatic rings. The van der Waals surface area contributed by atoms with Crippen LogP contribution in [0.2, 0.25) is 0 Å². The van der Waals surface area contributed by atoms with E-state index in [0.717, 1.165) is 6.42 Å². The summed E-state index contributed by atoms with van der Waals surface area (Å²) in [4.78, 5) is 0.225. The van der Waals surface area contributed by atoms with Gasteiger partial charge >= 0.3 is 0 Å². The lowest BCUT2D eigenvalue weighted by Crippen LogP contribution is -2.33. The van der Waals surface area contributed by atoms with E-state index >= 15 is 0 Å². The first kappa shape index (κ1) is 16.7. The molecule has 0 amide bonds. The van der Waals surface area contributed by atoms with E-state index in [1.807, 2.05) is 6.92 Å². The smallest absolute Gasteiger partial charge is 0.240 e. The van der Waals surface area contributed by atoms with Crippen molar-refractivity contribution in [2.24, 2.45) is 5.92 Å². The van der Waals surface area contributed by atoms with Crippen LogP contribution in [-0.4, -0.2) is 26.2 Å². The molecule has 0 aliphatic rings. The lowest BCUT2D eigenvalue weighted by molar-refractivity contribution is 0.350. The minimum Gasteiger partial charge on any atom is -0.384 e. The van der Waals surface area contributed by atoms with Crippen LogP contribution in [0.25, 0.3) is 0 Å². The van der Waals surface area contributed by atoms with Gasteiger partial charge in [-0.05, 0) is 43.5 Å². The molecule has 20 heavy (non-hydrogen) atoms. The molecule has 1 atom stereocenters. The van der Waals surface area contributed by atoms with Gasteiger partial charge in [0.15, 0.2) is 0 Å². The number of rotatable bonds is 5. The van der Waals surface area contributed by atoms with Gasteiger partial charge in [0.25, 0.3) is 0 Å². The molecule has 0 radical (unpaired) electrons. The highest BCUT2D eigenvalue weighted by Crippen LogP contribution is 2.12. The third-order valence-corrected chi connectivity index (χ3v) is 4.26. The summed E-state index contributed by atoms with van der Waals surface area (Å²) in [5.74, 6) is 5.68. The minimum atomic E-state index is -3.49. The Kier molecular flexibility index (Phi) is 6.21. The summed E-state index contributed by atoms with van der Waals surface area (Å²) >= 11 is 0. The summed E-state index contributed by atoms with van der Waals surface area (Å²) in [5, 5.41) is 8.60. The second kappa shape index (κ2) is 7.44. The van der Waals surface area contributed by atoms with Crippen LogP contribution in [0, 0.1) is 17.8 Å². The molecule has 110 valence electrons. The molecule has 0 bridgehead atoms. The van der Waals surface area contributed by atoms with E-state index in [1.165, 1.54) is 12.1 Å². The van der Waals surface area contributed by atoms with Crippen molar-refractivity contribution in [3.63, 3.8) is 0 Å². The monoisotopic (exact) mass is 295 g/mol. The minimum absolute atomic E-state index is 0.103. The Morgan fingerprint density at radius 3 is 2.30 bits per heavy atom.